The molecular formula is C15H21NO4S. The summed E-state index contributed by atoms with van der Waals surface area (Å²) >= 11 is 0. The zero-order valence-corrected chi connectivity index (χ0v) is 13.3. The second kappa shape index (κ2) is 6.58. The van der Waals surface area contributed by atoms with Crippen LogP contribution in [0.4, 0.5) is 0 Å². The highest BCUT2D eigenvalue weighted by Gasteiger charge is 2.29. The maximum atomic E-state index is 12.8. The summed E-state index contributed by atoms with van der Waals surface area (Å²) in [6.07, 6.45) is 3.06. The molecule has 1 aliphatic heterocycles. The Balaban J connectivity index is 2.41. The van der Waals surface area contributed by atoms with Crippen LogP contribution in [0.2, 0.25) is 0 Å². The molecule has 0 saturated carbocycles. The third-order valence-corrected chi connectivity index (χ3v) is 5.53. The van der Waals surface area contributed by atoms with Crippen molar-refractivity contribution in [2.24, 2.45) is 0 Å². The first kappa shape index (κ1) is 16.0. The van der Waals surface area contributed by atoms with Crippen LogP contribution in [0.5, 0.6) is 5.75 Å². The fourth-order valence-electron chi connectivity index (χ4n) is 2.56. The van der Waals surface area contributed by atoms with Crippen molar-refractivity contribution < 1.29 is 17.9 Å². The van der Waals surface area contributed by atoms with Gasteiger partial charge in [-0.25, -0.2) is 8.42 Å². The molecule has 1 aliphatic rings. The largest absolute Gasteiger partial charge is 0.495 e. The number of hydrogen-bond acceptors (Lipinski definition) is 4. The molecular weight excluding hydrogens is 290 g/mol. The van der Waals surface area contributed by atoms with E-state index in [9.17, 15) is 13.2 Å². The number of carbonyl (C=O) groups is 1. The van der Waals surface area contributed by atoms with Crippen LogP contribution in [-0.4, -0.2) is 38.7 Å². The van der Waals surface area contributed by atoms with Crippen molar-refractivity contribution in [1.29, 1.82) is 0 Å². The van der Waals surface area contributed by atoms with E-state index in [1.165, 1.54) is 18.3 Å². The molecule has 0 N–H and O–H groups in total. The third kappa shape index (κ3) is 3.63. The predicted molar refractivity (Wildman–Crippen MR) is 80.0 cm³/mol. The summed E-state index contributed by atoms with van der Waals surface area (Å²) in [5.74, 6) is 0.328. The van der Waals surface area contributed by atoms with Gasteiger partial charge in [0.05, 0.1) is 7.11 Å². The molecule has 2 rings (SSSR count). The van der Waals surface area contributed by atoms with Crippen LogP contribution in [0.15, 0.2) is 23.1 Å². The number of methoxy groups -OCH3 is 1. The lowest BCUT2D eigenvalue weighted by Gasteiger charge is -2.26. The van der Waals surface area contributed by atoms with Crippen molar-refractivity contribution in [3.05, 3.63) is 23.8 Å². The van der Waals surface area contributed by atoms with Crippen LogP contribution in [0.25, 0.3) is 0 Å². The summed E-state index contributed by atoms with van der Waals surface area (Å²) in [4.78, 5) is 11.4. The normalized spacial score (nSPS) is 16.7. The van der Waals surface area contributed by atoms with Crippen LogP contribution >= 0.6 is 0 Å². The number of nitrogens with zero attached hydrogens (tertiary/aromatic N) is 1. The van der Waals surface area contributed by atoms with Gasteiger partial charge in [0.15, 0.2) is 0 Å². The molecule has 1 saturated heterocycles. The molecule has 21 heavy (non-hydrogen) atoms. The monoisotopic (exact) mass is 311 g/mol. The maximum Gasteiger partial charge on any atom is 0.246 e. The first-order chi connectivity index (χ1) is 9.95. The highest BCUT2D eigenvalue weighted by molar-refractivity contribution is 7.89. The highest BCUT2D eigenvalue weighted by Crippen LogP contribution is 2.29. The molecule has 0 radical (unpaired) electrons. The van der Waals surface area contributed by atoms with Crippen molar-refractivity contribution >= 4 is 15.8 Å². The van der Waals surface area contributed by atoms with Crippen LogP contribution in [0.3, 0.4) is 0 Å². The minimum absolute atomic E-state index is 0.00138. The molecule has 1 heterocycles. The van der Waals surface area contributed by atoms with E-state index in [0.29, 0.717) is 24.4 Å². The molecule has 0 unspecified atom stereocenters. The van der Waals surface area contributed by atoms with Gasteiger partial charge in [-0.3, -0.25) is 4.79 Å². The van der Waals surface area contributed by atoms with Crippen molar-refractivity contribution in [2.75, 3.05) is 20.2 Å². The van der Waals surface area contributed by atoms with Crippen LogP contribution < -0.4 is 4.74 Å². The van der Waals surface area contributed by atoms with Gasteiger partial charge in [-0.05, 0) is 37.5 Å². The van der Waals surface area contributed by atoms with Gasteiger partial charge in [0.1, 0.15) is 16.4 Å². The molecule has 0 bridgehead atoms. The summed E-state index contributed by atoms with van der Waals surface area (Å²) < 4.78 is 32.2. The second-order valence-corrected chi connectivity index (χ2v) is 7.24. The van der Waals surface area contributed by atoms with Gasteiger partial charge < -0.3 is 4.74 Å². The predicted octanol–water partition coefficient (Wildman–Crippen LogP) is 2.00. The van der Waals surface area contributed by atoms with E-state index in [0.717, 1.165) is 19.3 Å². The molecule has 0 spiro atoms. The number of Topliss-reactive ketones (excluding diaryl/α,β-unsaturated/α-hetero) is 1. The van der Waals surface area contributed by atoms with E-state index in [-0.39, 0.29) is 17.1 Å². The minimum Gasteiger partial charge on any atom is -0.495 e. The van der Waals surface area contributed by atoms with Gasteiger partial charge in [-0.1, -0.05) is 12.5 Å². The lowest BCUT2D eigenvalue weighted by molar-refractivity contribution is -0.116. The minimum atomic E-state index is -3.57. The van der Waals surface area contributed by atoms with E-state index in [2.05, 4.69) is 0 Å². The highest BCUT2D eigenvalue weighted by atomic mass is 32.2. The Labute approximate surface area is 126 Å². The van der Waals surface area contributed by atoms with Crippen molar-refractivity contribution in [3.8, 4) is 5.75 Å². The molecule has 0 amide bonds. The topological polar surface area (TPSA) is 63.7 Å². The van der Waals surface area contributed by atoms with Crippen LogP contribution in [-0.2, 0) is 21.2 Å². The number of hydrogen-bond donors (Lipinski definition) is 0. The van der Waals surface area contributed by atoms with Gasteiger partial charge >= 0.3 is 0 Å². The first-order valence-electron chi connectivity index (χ1n) is 7.11. The quantitative estimate of drug-likeness (QED) is 0.834. The summed E-state index contributed by atoms with van der Waals surface area (Å²) in [6, 6.07) is 4.91. The fourth-order valence-corrected chi connectivity index (χ4v) is 4.29. The Bertz CT molecular complexity index is 619. The maximum absolute atomic E-state index is 12.8. The number of piperidine rings is 1. The van der Waals surface area contributed by atoms with Gasteiger partial charge in [0.2, 0.25) is 10.0 Å². The van der Waals surface area contributed by atoms with E-state index < -0.39 is 10.0 Å². The van der Waals surface area contributed by atoms with Gasteiger partial charge in [-0.15, -0.1) is 0 Å². The summed E-state index contributed by atoms with van der Waals surface area (Å²) in [7, 11) is -2.11. The van der Waals surface area contributed by atoms with Crippen LogP contribution in [0.1, 0.15) is 31.7 Å². The summed E-state index contributed by atoms with van der Waals surface area (Å²) in [6.45, 7) is 2.58. The number of sulfonamides is 1. The number of carbonyl (C=O) groups excluding carboxylic acids is 1. The second-order valence-electron chi connectivity index (χ2n) is 5.33. The Morgan fingerprint density at radius 2 is 1.90 bits per heavy atom. The fraction of sp³-hybridized carbons (Fsp3) is 0.533. The number of benzene rings is 1. The number of ether oxygens (including phenoxy) is 1. The average Bonchev–Trinajstić information content (AvgIpc) is 2.47. The van der Waals surface area contributed by atoms with E-state index in [4.69, 9.17) is 4.74 Å². The Morgan fingerprint density at radius 3 is 2.48 bits per heavy atom. The molecule has 1 aromatic rings. The van der Waals surface area contributed by atoms with Crippen molar-refractivity contribution in [3.63, 3.8) is 0 Å². The molecule has 1 fully saturated rings. The third-order valence-electron chi connectivity index (χ3n) is 3.61. The smallest absolute Gasteiger partial charge is 0.246 e. The Morgan fingerprint density at radius 1 is 1.24 bits per heavy atom. The van der Waals surface area contributed by atoms with Crippen LogP contribution in [0, 0.1) is 0 Å². The number of rotatable bonds is 5. The average molecular weight is 311 g/mol. The number of ketones is 1. The van der Waals surface area contributed by atoms with Gasteiger partial charge in [-0.2, -0.15) is 4.31 Å². The zero-order valence-electron chi connectivity index (χ0n) is 12.5. The molecule has 1 aromatic carbocycles. The van der Waals surface area contributed by atoms with E-state index in [1.54, 1.807) is 18.2 Å². The lowest BCUT2D eigenvalue weighted by Crippen LogP contribution is -2.35. The summed E-state index contributed by atoms with van der Waals surface area (Å²) in [5, 5.41) is 0. The Kier molecular flexibility index (Phi) is 5.00. The standard InChI is InChI=1S/C15H21NO4S/c1-12(17)10-13-6-7-14(20-2)15(11-13)21(18,19)16-8-4-3-5-9-16/h6-7,11H,3-5,8-10H2,1-2H3. The SMILES string of the molecule is COc1ccc(CC(C)=O)cc1S(=O)(=O)N1CCCCC1. The first-order valence-corrected chi connectivity index (χ1v) is 8.55. The van der Waals surface area contributed by atoms with E-state index in [1.807, 2.05) is 0 Å². The molecule has 0 aromatic heterocycles. The summed E-state index contributed by atoms with van der Waals surface area (Å²) in [5.41, 5.74) is 0.693. The lowest BCUT2D eigenvalue weighted by atomic mass is 10.1. The molecule has 5 nitrogen and oxygen atoms in total. The zero-order chi connectivity index (χ0) is 15.5. The molecule has 6 heteroatoms. The molecule has 116 valence electrons. The van der Waals surface area contributed by atoms with Gasteiger partial charge in [0, 0.05) is 19.5 Å². The molecule has 0 aliphatic carbocycles. The molecule has 0 atom stereocenters. The van der Waals surface area contributed by atoms with E-state index >= 15 is 0 Å². The van der Waals surface area contributed by atoms with Gasteiger partial charge in [0.25, 0.3) is 0 Å². The van der Waals surface area contributed by atoms with Crippen molar-refractivity contribution in [1.82, 2.24) is 4.31 Å². The van der Waals surface area contributed by atoms with Crippen molar-refractivity contribution in [2.45, 2.75) is 37.5 Å². The Hall–Kier alpha value is -1.40.